The zero-order valence-corrected chi connectivity index (χ0v) is 10.5. The molecule has 1 aromatic heterocycles. The molecule has 1 saturated carbocycles. The molecule has 1 aliphatic heterocycles. The van der Waals surface area contributed by atoms with E-state index in [0.29, 0.717) is 0 Å². The fourth-order valence-corrected chi connectivity index (χ4v) is 3.09. The highest BCUT2D eigenvalue weighted by Gasteiger charge is 2.57. The van der Waals surface area contributed by atoms with E-state index in [2.05, 4.69) is 28.2 Å². The van der Waals surface area contributed by atoms with Crippen LogP contribution in [0.25, 0.3) is 11.3 Å². The Hall–Kier alpha value is -1.78. The van der Waals surface area contributed by atoms with Gasteiger partial charge in [0.25, 0.3) is 0 Å². The van der Waals surface area contributed by atoms with Gasteiger partial charge in [0, 0.05) is 30.4 Å². The highest BCUT2D eigenvalue weighted by atomic mass is 16.5. The first-order chi connectivity index (χ1) is 9.31. The summed E-state index contributed by atoms with van der Waals surface area (Å²) in [6.45, 7) is 0.734. The molecule has 2 aliphatic rings. The Morgan fingerprint density at radius 1 is 1.32 bits per heavy atom. The van der Waals surface area contributed by atoms with Crippen molar-refractivity contribution in [2.75, 3.05) is 6.61 Å². The summed E-state index contributed by atoms with van der Waals surface area (Å²) in [6, 6.07) is 6.44. The van der Waals surface area contributed by atoms with Crippen molar-refractivity contribution in [3.63, 3.8) is 0 Å². The van der Waals surface area contributed by atoms with E-state index in [9.17, 15) is 0 Å². The predicted octanol–water partition coefficient (Wildman–Crippen LogP) is 1.64. The van der Waals surface area contributed by atoms with E-state index in [1.54, 1.807) is 12.4 Å². The maximum Gasteiger partial charge on any atom is 0.110 e. The normalized spacial score (nSPS) is 28.2. The number of ether oxygens (including phenoxy) is 1. The van der Waals surface area contributed by atoms with Crippen molar-refractivity contribution in [1.82, 2.24) is 9.97 Å². The number of aromatic nitrogens is 2. The molecule has 19 heavy (non-hydrogen) atoms. The summed E-state index contributed by atoms with van der Waals surface area (Å²) in [5.41, 5.74) is 10.5. The van der Waals surface area contributed by atoms with E-state index in [0.717, 1.165) is 30.7 Å². The fourth-order valence-electron chi connectivity index (χ4n) is 3.09. The number of nitrogens with two attached hydrogens (primary N) is 1. The molecule has 4 nitrogen and oxygen atoms in total. The lowest BCUT2D eigenvalue weighted by atomic mass is 9.90. The third-order valence-corrected chi connectivity index (χ3v) is 4.14. The van der Waals surface area contributed by atoms with E-state index >= 15 is 0 Å². The zero-order valence-electron chi connectivity index (χ0n) is 10.5. The molecule has 0 bridgehead atoms. The van der Waals surface area contributed by atoms with Crippen LogP contribution in [0.2, 0.25) is 0 Å². The molecule has 0 radical (unpaired) electrons. The van der Waals surface area contributed by atoms with Crippen LogP contribution in [-0.4, -0.2) is 22.6 Å². The van der Waals surface area contributed by atoms with Crippen LogP contribution in [0.3, 0.4) is 0 Å². The van der Waals surface area contributed by atoms with Crippen molar-refractivity contribution < 1.29 is 4.74 Å². The number of hydrogen-bond donors (Lipinski definition) is 1. The van der Waals surface area contributed by atoms with Crippen LogP contribution in [-0.2, 0) is 16.8 Å². The average molecular weight is 253 g/mol. The Morgan fingerprint density at radius 2 is 2.21 bits per heavy atom. The second-order valence-electron chi connectivity index (χ2n) is 5.22. The zero-order chi connectivity index (χ0) is 12.9. The van der Waals surface area contributed by atoms with Gasteiger partial charge in [0.1, 0.15) is 5.60 Å². The molecule has 96 valence electrons. The molecule has 1 spiro atoms. The Balaban J connectivity index is 1.89. The molecule has 1 aliphatic carbocycles. The lowest BCUT2D eigenvalue weighted by Gasteiger charge is -2.28. The molecule has 1 fully saturated rings. The maximum atomic E-state index is 6.08. The van der Waals surface area contributed by atoms with Crippen LogP contribution in [0.5, 0.6) is 0 Å². The van der Waals surface area contributed by atoms with Crippen LogP contribution in [0.4, 0.5) is 0 Å². The Bertz CT molecular complexity index is 629. The van der Waals surface area contributed by atoms with Gasteiger partial charge in [0.05, 0.1) is 18.5 Å². The van der Waals surface area contributed by atoms with E-state index in [1.165, 1.54) is 11.1 Å². The van der Waals surface area contributed by atoms with Gasteiger partial charge in [-0.25, -0.2) is 0 Å². The molecule has 0 amide bonds. The minimum absolute atomic E-state index is 0.128. The second kappa shape index (κ2) is 3.85. The first-order valence-corrected chi connectivity index (χ1v) is 6.59. The van der Waals surface area contributed by atoms with Gasteiger partial charge < -0.3 is 10.5 Å². The highest BCUT2D eigenvalue weighted by Crippen LogP contribution is 2.52. The van der Waals surface area contributed by atoms with E-state index < -0.39 is 0 Å². The monoisotopic (exact) mass is 253 g/mol. The Kier molecular flexibility index (Phi) is 2.25. The first kappa shape index (κ1) is 11.1. The molecule has 2 N–H and O–H groups in total. The van der Waals surface area contributed by atoms with Crippen LogP contribution in [0.15, 0.2) is 36.8 Å². The topological polar surface area (TPSA) is 61.0 Å². The minimum Gasteiger partial charge on any atom is -0.368 e. The Morgan fingerprint density at radius 3 is 2.95 bits per heavy atom. The Labute approximate surface area is 111 Å². The summed E-state index contributed by atoms with van der Waals surface area (Å²) < 4.78 is 5.94. The van der Waals surface area contributed by atoms with Crippen LogP contribution in [0, 0.1) is 0 Å². The number of fused-ring (bicyclic) bond motifs is 2. The molecular weight excluding hydrogens is 238 g/mol. The smallest absolute Gasteiger partial charge is 0.110 e. The second-order valence-corrected chi connectivity index (χ2v) is 5.22. The summed E-state index contributed by atoms with van der Waals surface area (Å²) >= 11 is 0. The van der Waals surface area contributed by atoms with E-state index in [-0.39, 0.29) is 11.6 Å². The SMILES string of the molecule is NC1CC12OCCc1c(-c3cnccn3)cccc12. The molecule has 2 unspecified atom stereocenters. The lowest BCUT2D eigenvalue weighted by molar-refractivity contribution is 0.0157. The third kappa shape index (κ3) is 1.54. The van der Waals surface area contributed by atoms with Gasteiger partial charge in [-0.1, -0.05) is 18.2 Å². The van der Waals surface area contributed by atoms with Gasteiger partial charge in [-0.3, -0.25) is 9.97 Å². The molecule has 4 heteroatoms. The van der Waals surface area contributed by atoms with Crippen molar-refractivity contribution in [3.8, 4) is 11.3 Å². The van der Waals surface area contributed by atoms with Crippen molar-refractivity contribution in [2.45, 2.75) is 24.5 Å². The average Bonchev–Trinajstić information content (AvgIpc) is 3.10. The van der Waals surface area contributed by atoms with Crippen LogP contribution < -0.4 is 5.73 Å². The van der Waals surface area contributed by atoms with Gasteiger partial charge >= 0.3 is 0 Å². The first-order valence-electron chi connectivity index (χ1n) is 6.59. The lowest BCUT2D eigenvalue weighted by Crippen LogP contribution is -2.29. The molecule has 0 saturated heterocycles. The molecule has 2 atom stereocenters. The fraction of sp³-hybridized carbons (Fsp3) is 0.333. The number of rotatable bonds is 1. The summed E-state index contributed by atoms with van der Waals surface area (Å²) in [6.07, 6.45) is 7.07. The standard InChI is InChI=1S/C15H15N3O/c16-14-8-15(14)12-3-1-2-11(10(12)4-7-19-15)13-9-17-5-6-18-13/h1-3,5-6,9,14H,4,7-8,16H2. The van der Waals surface area contributed by atoms with Gasteiger partial charge in [0.15, 0.2) is 0 Å². The van der Waals surface area contributed by atoms with Crippen LogP contribution >= 0.6 is 0 Å². The molecule has 2 aromatic rings. The summed E-state index contributed by atoms with van der Waals surface area (Å²) in [4.78, 5) is 8.57. The van der Waals surface area contributed by atoms with Crippen molar-refractivity contribution >= 4 is 0 Å². The number of nitrogens with zero attached hydrogens (tertiary/aromatic N) is 2. The van der Waals surface area contributed by atoms with Crippen molar-refractivity contribution in [2.24, 2.45) is 5.73 Å². The summed E-state index contributed by atoms with van der Waals surface area (Å²) in [5, 5.41) is 0. The van der Waals surface area contributed by atoms with E-state index in [1.807, 2.05) is 6.20 Å². The largest absolute Gasteiger partial charge is 0.368 e. The molecule has 1 aromatic carbocycles. The highest BCUT2D eigenvalue weighted by molar-refractivity contribution is 5.66. The van der Waals surface area contributed by atoms with Crippen molar-refractivity contribution in [1.29, 1.82) is 0 Å². The van der Waals surface area contributed by atoms with Crippen LogP contribution in [0.1, 0.15) is 17.5 Å². The van der Waals surface area contributed by atoms with Gasteiger partial charge in [-0.2, -0.15) is 0 Å². The minimum atomic E-state index is -0.230. The number of benzene rings is 1. The van der Waals surface area contributed by atoms with Gasteiger partial charge in [-0.15, -0.1) is 0 Å². The van der Waals surface area contributed by atoms with Gasteiger partial charge in [-0.05, 0) is 17.5 Å². The molecular formula is C15H15N3O. The molecule has 4 rings (SSSR count). The van der Waals surface area contributed by atoms with Gasteiger partial charge in [0.2, 0.25) is 0 Å². The summed E-state index contributed by atoms with van der Waals surface area (Å²) in [7, 11) is 0. The predicted molar refractivity (Wildman–Crippen MR) is 71.4 cm³/mol. The number of hydrogen-bond acceptors (Lipinski definition) is 4. The third-order valence-electron chi connectivity index (χ3n) is 4.14. The maximum absolute atomic E-state index is 6.08. The molecule has 2 heterocycles. The van der Waals surface area contributed by atoms with E-state index in [4.69, 9.17) is 10.5 Å². The summed E-state index contributed by atoms with van der Waals surface area (Å²) in [5.74, 6) is 0. The quantitative estimate of drug-likeness (QED) is 0.839. The van der Waals surface area contributed by atoms with Crippen molar-refractivity contribution in [3.05, 3.63) is 47.9 Å².